The molecule has 0 unspecified atom stereocenters. The number of aliphatic imine (C=N–C) groups is 1. The van der Waals surface area contributed by atoms with Gasteiger partial charge in [0.25, 0.3) is 0 Å². The number of carbonyl (C=O) groups is 1. The molecule has 2 rings (SSSR count). The zero-order valence-electron chi connectivity index (χ0n) is 10.8. The lowest BCUT2D eigenvalue weighted by atomic mass is 10.1. The van der Waals surface area contributed by atoms with E-state index in [1.54, 1.807) is 0 Å². The molecule has 1 heterocycles. The molecule has 96 valence electrons. The van der Waals surface area contributed by atoms with Crippen LogP contribution in [0.2, 0.25) is 0 Å². The molecule has 1 atom stereocenters. The fraction of sp³-hybridized carbons (Fsp3) is 0.429. The number of hydrogen-bond donors (Lipinski definition) is 0. The van der Waals surface area contributed by atoms with Gasteiger partial charge in [-0.15, -0.1) is 0 Å². The van der Waals surface area contributed by atoms with Gasteiger partial charge in [0.2, 0.25) is 11.8 Å². The molecule has 0 fully saturated rings. The fourth-order valence-corrected chi connectivity index (χ4v) is 2.05. The van der Waals surface area contributed by atoms with Crippen molar-refractivity contribution in [3.63, 3.8) is 0 Å². The van der Waals surface area contributed by atoms with Crippen molar-refractivity contribution in [1.29, 1.82) is 0 Å². The molecule has 0 N–H and O–H groups in total. The SMILES string of the molecule is CCOC1=NCC(=O)N([C@@H](C)c2ccccc2)C1. The van der Waals surface area contributed by atoms with Crippen LogP contribution in [0.5, 0.6) is 0 Å². The van der Waals surface area contributed by atoms with Gasteiger partial charge in [-0.05, 0) is 19.4 Å². The minimum absolute atomic E-state index is 0.0460. The van der Waals surface area contributed by atoms with Gasteiger partial charge in [0.05, 0.1) is 19.2 Å². The van der Waals surface area contributed by atoms with E-state index in [1.807, 2.05) is 49.1 Å². The normalized spacial score (nSPS) is 17.3. The lowest BCUT2D eigenvalue weighted by Gasteiger charge is -2.32. The number of hydrogen-bond acceptors (Lipinski definition) is 3. The number of rotatable bonds is 3. The van der Waals surface area contributed by atoms with Crippen molar-refractivity contribution in [3.8, 4) is 0 Å². The molecule has 0 saturated heterocycles. The Morgan fingerprint density at radius 3 is 2.78 bits per heavy atom. The van der Waals surface area contributed by atoms with Crippen LogP contribution in [0.4, 0.5) is 0 Å². The van der Waals surface area contributed by atoms with Crippen molar-refractivity contribution in [1.82, 2.24) is 4.90 Å². The summed E-state index contributed by atoms with van der Waals surface area (Å²) in [7, 11) is 0. The topological polar surface area (TPSA) is 41.9 Å². The molecule has 1 amide bonds. The van der Waals surface area contributed by atoms with Crippen molar-refractivity contribution in [2.24, 2.45) is 4.99 Å². The third kappa shape index (κ3) is 2.70. The molecule has 0 spiro atoms. The number of nitrogens with zero attached hydrogens (tertiary/aromatic N) is 2. The van der Waals surface area contributed by atoms with Gasteiger partial charge < -0.3 is 9.64 Å². The van der Waals surface area contributed by atoms with Gasteiger partial charge in [-0.25, -0.2) is 4.99 Å². The van der Waals surface area contributed by atoms with Crippen LogP contribution in [0.3, 0.4) is 0 Å². The molecule has 1 aliphatic heterocycles. The van der Waals surface area contributed by atoms with Crippen LogP contribution >= 0.6 is 0 Å². The van der Waals surface area contributed by atoms with Gasteiger partial charge in [-0.3, -0.25) is 4.79 Å². The maximum Gasteiger partial charge on any atom is 0.245 e. The van der Waals surface area contributed by atoms with E-state index in [0.717, 1.165) is 5.56 Å². The van der Waals surface area contributed by atoms with Crippen molar-refractivity contribution < 1.29 is 9.53 Å². The van der Waals surface area contributed by atoms with Crippen LogP contribution in [0.1, 0.15) is 25.5 Å². The van der Waals surface area contributed by atoms with Gasteiger partial charge >= 0.3 is 0 Å². The zero-order valence-corrected chi connectivity index (χ0v) is 10.8. The molecule has 1 aromatic rings. The van der Waals surface area contributed by atoms with Crippen LogP contribution in [-0.4, -0.2) is 36.4 Å². The zero-order chi connectivity index (χ0) is 13.0. The Labute approximate surface area is 107 Å². The summed E-state index contributed by atoms with van der Waals surface area (Å²) < 4.78 is 5.40. The maximum absolute atomic E-state index is 11.9. The largest absolute Gasteiger partial charge is 0.480 e. The summed E-state index contributed by atoms with van der Waals surface area (Å²) in [5.74, 6) is 0.703. The van der Waals surface area contributed by atoms with E-state index in [0.29, 0.717) is 19.0 Å². The van der Waals surface area contributed by atoms with Gasteiger partial charge in [0.1, 0.15) is 6.54 Å². The van der Waals surface area contributed by atoms with Crippen molar-refractivity contribution in [2.75, 3.05) is 19.7 Å². The second-order valence-corrected chi connectivity index (χ2v) is 4.25. The molecule has 1 aromatic carbocycles. The number of amides is 1. The smallest absolute Gasteiger partial charge is 0.245 e. The minimum atomic E-state index is 0.0460. The Hall–Kier alpha value is -1.84. The molecular weight excluding hydrogens is 228 g/mol. The molecule has 0 bridgehead atoms. The van der Waals surface area contributed by atoms with Crippen molar-refractivity contribution in [2.45, 2.75) is 19.9 Å². The van der Waals surface area contributed by atoms with Crippen LogP contribution in [0, 0.1) is 0 Å². The molecule has 4 heteroatoms. The number of benzene rings is 1. The number of carbonyl (C=O) groups excluding carboxylic acids is 1. The summed E-state index contributed by atoms with van der Waals surface area (Å²) in [6.07, 6.45) is 0. The summed E-state index contributed by atoms with van der Waals surface area (Å²) in [6, 6.07) is 10.1. The lowest BCUT2D eigenvalue weighted by Crippen LogP contribution is -2.43. The Morgan fingerprint density at radius 2 is 2.11 bits per heavy atom. The second-order valence-electron chi connectivity index (χ2n) is 4.25. The van der Waals surface area contributed by atoms with Crippen molar-refractivity contribution >= 4 is 11.8 Å². The van der Waals surface area contributed by atoms with Gasteiger partial charge in [0.15, 0.2) is 0 Å². The highest BCUT2D eigenvalue weighted by molar-refractivity contribution is 5.91. The van der Waals surface area contributed by atoms with Gasteiger partial charge in [0, 0.05) is 0 Å². The van der Waals surface area contributed by atoms with E-state index < -0.39 is 0 Å². The quantitative estimate of drug-likeness (QED) is 0.819. The Bertz CT molecular complexity index is 442. The third-order valence-electron chi connectivity index (χ3n) is 3.08. The van der Waals surface area contributed by atoms with E-state index in [1.165, 1.54) is 0 Å². The second kappa shape index (κ2) is 5.67. The van der Waals surface area contributed by atoms with Gasteiger partial charge in [-0.2, -0.15) is 0 Å². The summed E-state index contributed by atoms with van der Waals surface area (Å²) in [5, 5.41) is 0. The monoisotopic (exact) mass is 246 g/mol. The molecular formula is C14H18N2O2. The molecule has 0 radical (unpaired) electrons. The Morgan fingerprint density at radius 1 is 1.39 bits per heavy atom. The first-order chi connectivity index (χ1) is 8.72. The highest BCUT2D eigenvalue weighted by Gasteiger charge is 2.26. The van der Waals surface area contributed by atoms with E-state index in [9.17, 15) is 4.79 Å². The first-order valence-corrected chi connectivity index (χ1v) is 6.23. The standard InChI is InChI=1S/C14H18N2O2/c1-3-18-13-10-16(14(17)9-15-13)11(2)12-7-5-4-6-8-12/h4-8,11H,3,9-10H2,1-2H3/t11-/m0/s1. The maximum atomic E-state index is 11.9. The third-order valence-corrected chi connectivity index (χ3v) is 3.08. The fourth-order valence-electron chi connectivity index (χ4n) is 2.05. The average Bonchev–Trinajstić information content (AvgIpc) is 2.41. The van der Waals surface area contributed by atoms with E-state index >= 15 is 0 Å². The Kier molecular flexibility index (Phi) is 3.97. The van der Waals surface area contributed by atoms with Crippen LogP contribution < -0.4 is 0 Å². The van der Waals surface area contributed by atoms with Crippen LogP contribution in [-0.2, 0) is 9.53 Å². The lowest BCUT2D eigenvalue weighted by molar-refractivity contribution is -0.131. The van der Waals surface area contributed by atoms with Gasteiger partial charge in [-0.1, -0.05) is 30.3 Å². The highest BCUT2D eigenvalue weighted by Crippen LogP contribution is 2.21. The van der Waals surface area contributed by atoms with E-state index in [-0.39, 0.29) is 18.5 Å². The summed E-state index contributed by atoms with van der Waals surface area (Å²) in [4.78, 5) is 17.9. The molecule has 4 nitrogen and oxygen atoms in total. The predicted molar refractivity (Wildman–Crippen MR) is 70.5 cm³/mol. The summed E-state index contributed by atoms with van der Waals surface area (Å²) in [6.45, 7) is 5.18. The Balaban J connectivity index is 2.13. The molecule has 1 aliphatic rings. The highest BCUT2D eigenvalue weighted by atomic mass is 16.5. The molecule has 0 aliphatic carbocycles. The average molecular weight is 246 g/mol. The summed E-state index contributed by atoms with van der Waals surface area (Å²) >= 11 is 0. The van der Waals surface area contributed by atoms with E-state index in [2.05, 4.69) is 4.99 Å². The van der Waals surface area contributed by atoms with E-state index in [4.69, 9.17) is 4.74 Å². The predicted octanol–water partition coefficient (Wildman–Crippen LogP) is 2.02. The van der Waals surface area contributed by atoms with Crippen LogP contribution in [0.15, 0.2) is 35.3 Å². The molecule has 18 heavy (non-hydrogen) atoms. The first kappa shape index (κ1) is 12.6. The minimum Gasteiger partial charge on any atom is -0.480 e. The number of ether oxygens (including phenoxy) is 1. The van der Waals surface area contributed by atoms with Crippen molar-refractivity contribution in [3.05, 3.63) is 35.9 Å². The van der Waals surface area contributed by atoms with Crippen LogP contribution in [0.25, 0.3) is 0 Å². The molecule has 0 aromatic heterocycles. The first-order valence-electron chi connectivity index (χ1n) is 6.23. The summed E-state index contributed by atoms with van der Waals surface area (Å²) in [5.41, 5.74) is 1.13. The molecule has 0 saturated carbocycles.